The van der Waals surface area contributed by atoms with Gasteiger partial charge in [-0.05, 0) is 12.9 Å². The molecule has 13 heavy (non-hydrogen) atoms. The maximum Gasteiger partial charge on any atom is 0.497 e. The van der Waals surface area contributed by atoms with Gasteiger partial charge in [0.25, 0.3) is 0 Å². The molecular formula is C7H12BF3NO-. The van der Waals surface area contributed by atoms with Crippen LogP contribution in [0.15, 0.2) is 0 Å². The summed E-state index contributed by atoms with van der Waals surface area (Å²) in [6.07, 6.45) is -0.541. The minimum absolute atomic E-state index is 0.229. The van der Waals surface area contributed by atoms with Crippen LogP contribution in [0.5, 0.6) is 0 Å². The lowest BCUT2D eigenvalue weighted by Gasteiger charge is -2.25. The molecule has 0 aromatic rings. The second-order valence-corrected chi connectivity index (χ2v) is 4.10. The van der Waals surface area contributed by atoms with E-state index in [2.05, 4.69) is 0 Å². The molecule has 0 saturated carbocycles. The van der Waals surface area contributed by atoms with E-state index in [1.165, 1.54) is 0 Å². The van der Waals surface area contributed by atoms with Crippen molar-refractivity contribution >= 4 is 12.9 Å². The van der Waals surface area contributed by atoms with E-state index in [4.69, 9.17) is 0 Å². The van der Waals surface area contributed by atoms with Crippen LogP contribution in [0.3, 0.4) is 0 Å². The van der Waals surface area contributed by atoms with Crippen molar-refractivity contribution in [1.82, 2.24) is 4.90 Å². The Kier molecular flexibility index (Phi) is 2.34. The van der Waals surface area contributed by atoms with E-state index in [0.717, 1.165) is 4.90 Å². The number of rotatable bonds is 2. The minimum Gasteiger partial charge on any atom is -0.448 e. The maximum absolute atomic E-state index is 12.0. The van der Waals surface area contributed by atoms with Gasteiger partial charge < -0.3 is 17.8 Å². The average molecular weight is 194 g/mol. The predicted molar refractivity (Wildman–Crippen MR) is 44.1 cm³/mol. The van der Waals surface area contributed by atoms with E-state index in [9.17, 15) is 17.7 Å². The molecule has 1 saturated heterocycles. The second-order valence-electron chi connectivity index (χ2n) is 4.10. The van der Waals surface area contributed by atoms with Gasteiger partial charge in [-0.25, -0.2) is 0 Å². The highest BCUT2D eigenvalue weighted by Crippen LogP contribution is 2.31. The monoisotopic (exact) mass is 194 g/mol. The van der Waals surface area contributed by atoms with Gasteiger partial charge in [-0.15, -0.1) is 0 Å². The Hall–Kier alpha value is -0.675. The van der Waals surface area contributed by atoms with Crippen molar-refractivity contribution in [3.8, 4) is 0 Å². The summed E-state index contributed by atoms with van der Waals surface area (Å²) in [6.45, 7) is -1.30. The number of hydrogen-bond donors (Lipinski definition) is 0. The highest BCUT2D eigenvalue weighted by molar-refractivity contribution is 6.58. The second kappa shape index (κ2) is 2.92. The summed E-state index contributed by atoms with van der Waals surface area (Å²) < 4.78 is 36.0. The first-order chi connectivity index (χ1) is 5.72. The van der Waals surface area contributed by atoms with E-state index in [-0.39, 0.29) is 12.5 Å². The van der Waals surface area contributed by atoms with Gasteiger partial charge in [-0.1, -0.05) is 13.8 Å². The fourth-order valence-electron chi connectivity index (χ4n) is 1.48. The van der Waals surface area contributed by atoms with E-state index in [1.807, 2.05) is 0 Å². The van der Waals surface area contributed by atoms with Crippen molar-refractivity contribution in [1.29, 1.82) is 0 Å². The fourth-order valence-corrected chi connectivity index (χ4v) is 1.48. The first kappa shape index (κ1) is 10.4. The van der Waals surface area contributed by atoms with E-state index in [0.29, 0.717) is 6.42 Å². The number of carbonyl (C=O) groups excluding carboxylic acids is 1. The zero-order valence-corrected chi connectivity index (χ0v) is 7.69. The quantitative estimate of drug-likeness (QED) is 0.611. The highest BCUT2D eigenvalue weighted by Gasteiger charge is 2.41. The molecule has 6 heteroatoms. The van der Waals surface area contributed by atoms with Gasteiger partial charge in [-0.3, -0.25) is 4.79 Å². The van der Waals surface area contributed by atoms with Gasteiger partial charge in [0.1, 0.15) is 0 Å². The molecule has 0 radical (unpaired) electrons. The molecule has 0 bridgehead atoms. The molecule has 2 nitrogen and oxygen atoms in total. The predicted octanol–water partition coefficient (Wildman–Crippen LogP) is 1.63. The Balaban J connectivity index is 2.62. The third kappa shape index (κ3) is 2.38. The Morgan fingerprint density at radius 1 is 1.46 bits per heavy atom. The number of carbonyl (C=O) groups is 1. The zero-order valence-electron chi connectivity index (χ0n) is 7.69. The lowest BCUT2D eigenvalue weighted by Crippen LogP contribution is -2.40. The van der Waals surface area contributed by atoms with Crippen LogP contribution in [0.25, 0.3) is 0 Å². The lowest BCUT2D eigenvalue weighted by atomic mass is 9.90. The Morgan fingerprint density at radius 2 is 2.00 bits per heavy atom. The van der Waals surface area contributed by atoms with Gasteiger partial charge in [0.15, 0.2) is 0 Å². The molecule has 1 rings (SSSR count). The first-order valence-corrected chi connectivity index (χ1v) is 4.23. The van der Waals surface area contributed by atoms with E-state index in [1.54, 1.807) is 13.8 Å². The molecule has 0 unspecified atom stereocenters. The summed E-state index contributed by atoms with van der Waals surface area (Å²) >= 11 is 0. The van der Waals surface area contributed by atoms with E-state index >= 15 is 0 Å². The van der Waals surface area contributed by atoms with Crippen LogP contribution in [0.4, 0.5) is 12.9 Å². The molecule has 1 amide bonds. The highest BCUT2D eigenvalue weighted by atomic mass is 19.4. The summed E-state index contributed by atoms with van der Waals surface area (Å²) in [5.41, 5.74) is -0.610. The Labute approximate surface area is 75.1 Å². The molecule has 1 aliphatic rings. The summed E-state index contributed by atoms with van der Waals surface area (Å²) in [5.74, 6) is -0.383. The third-order valence-electron chi connectivity index (χ3n) is 2.30. The van der Waals surface area contributed by atoms with E-state index < -0.39 is 18.8 Å². The van der Waals surface area contributed by atoms with Gasteiger partial charge in [0.2, 0.25) is 5.91 Å². The maximum atomic E-state index is 12.0. The van der Waals surface area contributed by atoms with Gasteiger partial charge in [0, 0.05) is 12.0 Å². The summed E-state index contributed by atoms with van der Waals surface area (Å²) in [7, 11) is 0. The van der Waals surface area contributed by atoms with Crippen LogP contribution in [0.2, 0.25) is 0 Å². The zero-order chi connectivity index (χ0) is 10.3. The number of halogens is 3. The minimum atomic E-state index is -4.88. The molecule has 0 aromatic carbocycles. The lowest BCUT2D eigenvalue weighted by molar-refractivity contribution is -0.134. The molecule has 1 heterocycles. The van der Waals surface area contributed by atoms with Crippen molar-refractivity contribution in [2.24, 2.45) is 5.41 Å². The van der Waals surface area contributed by atoms with Gasteiger partial charge in [-0.2, -0.15) is 0 Å². The standard InChI is InChI=1S/C7H12BF3NO/c1-7(2)3-4-12(6(7)13)5-8(9,10)11/h3-5H2,1-2H3/q-1. The summed E-state index contributed by atoms with van der Waals surface area (Å²) in [6, 6.07) is 0. The molecule has 0 aliphatic carbocycles. The number of likely N-dealkylation sites (tertiary alicyclic amines) is 1. The van der Waals surface area contributed by atoms with Crippen molar-refractivity contribution in [3.05, 3.63) is 0 Å². The van der Waals surface area contributed by atoms with Crippen LogP contribution in [0.1, 0.15) is 20.3 Å². The fraction of sp³-hybridized carbons (Fsp3) is 0.857. The van der Waals surface area contributed by atoms with Crippen molar-refractivity contribution in [3.63, 3.8) is 0 Å². The first-order valence-electron chi connectivity index (χ1n) is 4.23. The molecule has 0 atom stereocenters. The summed E-state index contributed by atoms with van der Waals surface area (Å²) in [4.78, 5) is 12.2. The molecule has 0 spiro atoms. The summed E-state index contributed by atoms with van der Waals surface area (Å²) in [5, 5.41) is 0. The SMILES string of the molecule is CC1(C)CCN(C[B-](F)(F)F)C1=O. The smallest absolute Gasteiger partial charge is 0.448 e. The topological polar surface area (TPSA) is 20.3 Å². The Bertz CT molecular complexity index is 226. The van der Waals surface area contributed by atoms with Crippen LogP contribution < -0.4 is 0 Å². The number of amides is 1. The largest absolute Gasteiger partial charge is 0.497 e. The normalized spacial score (nSPS) is 22.5. The van der Waals surface area contributed by atoms with Crippen molar-refractivity contribution in [2.45, 2.75) is 20.3 Å². The van der Waals surface area contributed by atoms with Crippen LogP contribution in [-0.2, 0) is 4.79 Å². The Morgan fingerprint density at radius 3 is 2.31 bits per heavy atom. The van der Waals surface area contributed by atoms with Crippen LogP contribution in [-0.4, -0.2) is 30.8 Å². The number of nitrogens with zero attached hydrogens (tertiary/aromatic N) is 1. The average Bonchev–Trinajstić information content (AvgIpc) is 2.13. The number of hydrogen-bond acceptors (Lipinski definition) is 1. The molecule has 1 fully saturated rings. The van der Waals surface area contributed by atoms with Gasteiger partial charge in [0.05, 0.1) is 0 Å². The third-order valence-corrected chi connectivity index (χ3v) is 2.30. The molecule has 0 aromatic heterocycles. The van der Waals surface area contributed by atoms with Crippen molar-refractivity contribution < 1.29 is 17.7 Å². The van der Waals surface area contributed by atoms with Crippen molar-refractivity contribution in [2.75, 3.05) is 13.0 Å². The molecular weight excluding hydrogens is 182 g/mol. The van der Waals surface area contributed by atoms with Gasteiger partial charge >= 0.3 is 6.98 Å². The molecule has 0 N–H and O–H groups in total. The van der Waals surface area contributed by atoms with Crippen LogP contribution >= 0.6 is 0 Å². The molecule has 1 aliphatic heterocycles. The molecule has 76 valence electrons. The van der Waals surface area contributed by atoms with Crippen LogP contribution in [0, 0.1) is 5.41 Å².